The summed E-state index contributed by atoms with van der Waals surface area (Å²) in [5, 5.41) is 0. The largest absolute Gasteiger partial charge is 0.300 e. The maximum atomic E-state index is 11.6. The molecule has 3 heteroatoms. The summed E-state index contributed by atoms with van der Waals surface area (Å²) in [6.07, 6.45) is 0. The molecule has 12 heavy (non-hydrogen) atoms. The highest BCUT2D eigenvalue weighted by molar-refractivity contribution is 6.93. The fourth-order valence-corrected chi connectivity index (χ4v) is 9.46. The van der Waals surface area contributed by atoms with Crippen LogP contribution >= 0.6 is 0 Å². The van der Waals surface area contributed by atoms with E-state index in [1.807, 2.05) is 0 Å². The molecule has 0 aliphatic heterocycles. The fourth-order valence-electron chi connectivity index (χ4n) is 2.09. The van der Waals surface area contributed by atoms with Gasteiger partial charge in [0.1, 0.15) is 5.78 Å². The van der Waals surface area contributed by atoms with E-state index in [4.69, 9.17) is 0 Å². The van der Waals surface area contributed by atoms with Crippen LogP contribution in [0.1, 0.15) is 0 Å². The van der Waals surface area contributed by atoms with Gasteiger partial charge >= 0.3 is 0 Å². The normalized spacial score (nSPS) is 30.7. The van der Waals surface area contributed by atoms with Crippen molar-refractivity contribution in [3.8, 4) is 0 Å². The number of rotatable bonds is 2. The standard InChI is InChI=1S/C9H20OSi2/c1-11(2,3)8-7(10)9(8)12(4,5)6/h8-9H,1-6H3. The number of carbonyl (C=O) groups excluding carboxylic acids is 1. The Hall–Kier alpha value is 0.104. The van der Waals surface area contributed by atoms with E-state index in [0.717, 1.165) is 0 Å². The highest BCUT2D eigenvalue weighted by atomic mass is 28.3. The molecule has 2 atom stereocenters. The average Bonchev–Trinajstić information content (AvgIpc) is 2.35. The molecule has 0 heterocycles. The Bertz CT molecular complexity index is 188. The molecule has 0 bridgehead atoms. The molecule has 1 aliphatic carbocycles. The number of ketones is 1. The highest BCUT2D eigenvalue weighted by Gasteiger charge is 2.60. The topological polar surface area (TPSA) is 17.1 Å². The van der Waals surface area contributed by atoms with Crippen LogP contribution in [0.5, 0.6) is 0 Å². The molecule has 1 saturated carbocycles. The van der Waals surface area contributed by atoms with Crippen molar-refractivity contribution in [3.05, 3.63) is 0 Å². The minimum absolute atomic E-state index is 0.504. The van der Waals surface area contributed by atoms with Crippen LogP contribution in [0.4, 0.5) is 0 Å². The van der Waals surface area contributed by atoms with Crippen LogP contribution in [-0.4, -0.2) is 21.9 Å². The van der Waals surface area contributed by atoms with Crippen LogP contribution in [-0.2, 0) is 4.79 Å². The average molecular weight is 200 g/mol. The van der Waals surface area contributed by atoms with Crippen molar-refractivity contribution in [2.75, 3.05) is 0 Å². The molecule has 0 amide bonds. The fraction of sp³-hybridized carbons (Fsp3) is 0.889. The highest BCUT2D eigenvalue weighted by Crippen LogP contribution is 2.57. The second-order valence-electron chi connectivity index (χ2n) is 6.09. The molecule has 0 aromatic carbocycles. The third-order valence-electron chi connectivity index (χ3n) is 2.70. The second kappa shape index (κ2) is 2.55. The summed E-state index contributed by atoms with van der Waals surface area (Å²) in [7, 11) is -2.35. The molecule has 1 fully saturated rings. The van der Waals surface area contributed by atoms with Crippen LogP contribution in [0.2, 0.25) is 50.4 Å². The first kappa shape index (κ1) is 10.2. The third kappa shape index (κ3) is 1.71. The molecule has 0 spiro atoms. The summed E-state index contributed by atoms with van der Waals surface area (Å²) >= 11 is 0. The molecule has 2 unspecified atom stereocenters. The van der Waals surface area contributed by atoms with E-state index >= 15 is 0 Å². The molecule has 0 N–H and O–H groups in total. The molecule has 1 rings (SSSR count). The predicted octanol–water partition coefficient (Wildman–Crippen LogP) is 2.99. The van der Waals surface area contributed by atoms with Crippen LogP contribution in [0.25, 0.3) is 0 Å². The number of Topliss-reactive ketones (excluding diaryl/α,β-unsaturated/α-hetero) is 1. The van der Waals surface area contributed by atoms with Crippen molar-refractivity contribution in [1.29, 1.82) is 0 Å². The van der Waals surface area contributed by atoms with Gasteiger partial charge < -0.3 is 0 Å². The van der Waals surface area contributed by atoms with Crippen molar-refractivity contribution < 1.29 is 4.79 Å². The van der Waals surface area contributed by atoms with Gasteiger partial charge in [0.25, 0.3) is 0 Å². The van der Waals surface area contributed by atoms with Crippen molar-refractivity contribution >= 4 is 21.9 Å². The van der Waals surface area contributed by atoms with E-state index in [2.05, 4.69) is 39.3 Å². The molecular formula is C9H20OSi2. The van der Waals surface area contributed by atoms with Gasteiger partial charge in [-0.2, -0.15) is 0 Å². The Morgan fingerprint density at radius 2 is 1.08 bits per heavy atom. The lowest BCUT2D eigenvalue weighted by Gasteiger charge is -2.19. The summed E-state index contributed by atoms with van der Waals surface area (Å²) in [6.45, 7) is 13.9. The van der Waals surface area contributed by atoms with Crippen LogP contribution in [0, 0.1) is 0 Å². The van der Waals surface area contributed by atoms with Crippen LogP contribution in [0.3, 0.4) is 0 Å². The van der Waals surface area contributed by atoms with Crippen molar-refractivity contribution in [1.82, 2.24) is 0 Å². The van der Waals surface area contributed by atoms with Crippen LogP contribution in [0.15, 0.2) is 0 Å². The summed E-state index contributed by atoms with van der Waals surface area (Å²) in [5.41, 5.74) is 1.01. The van der Waals surface area contributed by atoms with E-state index in [1.54, 1.807) is 0 Å². The number of carbonyl (C=O) groups is 1. The Labute approximate surface area is 77.6 Å². The summed E-state index contributed by atoms with van der Waals surface area (Å²) in [6, 6.07) is 0. The molecule has 0 radical (unpaired) electrons. The quantitative estimate of drug-likeness (QED) is 0.626. The van der Waals surface area contributed by atoms with Gasteiger partial charge in [0, 0.05) is 11.1 Å². The maximum Gasteiger partial charge on any atom is 0.134 e. The van der Waals surface area contributed by atoms with E-state index in [-0.39, 0.29) is 0 Å². The van der Waals surface area contributed by atoms with E-state index < -0.39 is 16.1 Å². The zero-order valence-electron chi connectivity index (χ0n) is 9.06. The lowest BCUT2D eigenvalue weighted by atomic mass is 10.9. The van der Waals surface area contributed by atoms with Gasteiger partial charge in [-0.25, -0.2) is 0 Å². The van der Waals surface area contributed by atoms with Gasteiger partial charge in [0.15, 0.2) is 0 Å². The third-order valence-corrected chi connectivity index (χ3v) is 8.00. The van der Waals surface area contributed by atoms with Crippen molar-refractivity contribution in [2.24, 2.45) is 0 Å². The van der Waals surface area contributed by atoms with Gasteiger partial charge in [-0.1, -0.05) is 39.3 Å². The lowest BCUT2D eigenvalue weighted by Crippen LogP contribution is -2.26. The minimum atomic E-state index is -1.17. The number of hydrogen-bond acceptors (Lipinski definition) is 1. The van der Waals surface area contributed by atoms with E-state index in [0.29, 0.717) is 16.9 Å². The summed E-state index contributed by atoms with van der Waals surface area (Å²) in [5.74, 6) is 0.591. The van der Waals surface area contributed by atoms with E-state index in [9.17, 15) is 4.79 Å². The van der Waals surface area contributed by atoms with Crippen LogP contribution < -0.4 is 0 Å². The van der Waals surface area contributed by atoms with Gasteiger partial charge in [0.2, 0.25) is 0 Å². The zero-order valence-corrected chi connectivity index (χ0v) is 11.1. The zero-order chi connectivity index (χ0) is 9.73. The Balaban J connectivity index is 2.73. The van der Waals surface area contributed by atoms with E-state index in [1.165, 1.54) is 0 Å². The number of hydrogen-bond donors (Lipinski definition) is 0. The smallest absolute Gasteiger partial charge is 0.134 e. The van der Waals surface area contributed by atoms with Gasteiger partial charge in [0.05, 0.1) is 16.1 Å². The van der Waals surface area contributed by atoms with Gasteiger partial charge in [-0.15, -0.1) is 0 Å². The molecular weight excluding hydrogens is 180 g/mol. The summed E-state index contributed by atoms with van der Waals surface area (Å²) in [4.78, 5) is 11.6. The first-order valence-corrected chi connectivity index (χ1v) is 11.8. The molecule has 1 nitrogen and oxygen atoms in total. The molecule has 70 valence electrons. The maximum absolute atomic E-state index is 11.6. The molecule has 0 saturated heterocycles. The Morgan fingerprint density at radius 1 is 0.833 bits per heavy atom. The SMILES string of the molecule is C[Si](C)(C)C1C(=O)C1[Si](C)(C)C. The van der Waals surface area contributed by atoms with Crippen molar-refractivity contribution in [3.63, 3.8) is 0 Å². The lowest BCUT2D eigenvalue weighted by molar-refractivity contribution is -0.109. The Morgan fingerprint density at radius 3 is 1.17 bits per heavy atom. The molecule has 0 aromatic rings. The van der Waals surface area contributed by atoms with Crippen molar-refractivity contribution in [2.45, 2.75) is 50.4 Å². The first-order valence-electron chi connectivity index (χ1n) is 4.69. The van der Waals surface area contributed by atoms with Gasteiger partial charge in [-0.3, -0.25) is 4.79 Å². The molecule has 1 aliphatic rings. The second-order valence-corrected chi connectivity index (χ2v) is 16.8. The molecule has 0 aromatic heterocycles. The minimum Gasteiger partial charge on any atom is -0.300 e. The predicted molar refractivity (Wildman–Crippen MR) is 59.2 cm³/mol. The Kier molecular flexibility index (Phi) is 2.16. The first-order chi connectivity index (χ1) is 5.15. The monoisotopic (exact) mass is 200 g/mol. The van der Waals surface area contributed by atoms with Gasteiger partial charge in [-0.05, 0) is 0 Å². The summed E-state index contributed by atoms with van der Waals surface area (Å²) < 4.78 is 0.